The van der Waals surface area contributed by atoms with Crippen LogP contribution in [0.25, 0.3) is 10.6 Å². The average Bonchev–Trinajstić information content (AvgIpc) is 2.75. The molecule has 2 aromatic heterocycles. The molecule has 0 N–H and O–H groups in total. The van der Waals surface area contributed by atoms with Crippen molar-refractivity contribution in [1.82, 2.24) is 9.97 Å². The van der Waals surface area contributed by atoms with Crippen LogP contribution in [0.15, 0.2) is 18.2 Å². The van der Waals surface area contributed by atoms with Crippen molar-refractivity contribution < 1.29 is 13.2 Å². The van der Waals surface area contributed by atoms with Crippen molar-refractivity contribution in [1.29, 1.82) is 5.26 Å². The minimum absolute atomic E-state index is 0.0498. The largest absolute Gasteiger partial charge is 0.433 e. The summed E-state index contributed by atoms with van der Waals surface area (Å²) in [6.07, 6.45) is -4.59. The zero-order chi connectivity index (χ0) is 13.3. The molecule has 0 atom stereocenters. The fourth-order valence-corrected chi connectivity index (χ4v) is 2.17. The van der Waals surface area contributed by atoms with E-state index in [0.717, 1.165) is 17.4 Å². The Hall–Kier alpha value is -1.65. The predicted molar refractivity (Wildman–Crippen MR) is 60.1 cm³/mol. The van der Waals surface area contributed by atoms with Gasteiger partial charge in [-0.3, -0.25) is 0 Å². The van der Waals surface area contributed by atoms with Crippen LogP contribution >= 0.6 is 22.9 Å². The summed E-state index contributed by atoms with van der Waals surface area (Å²) in [5.74, 6) is 0. The van der Waals surface area contributed by atoms with E-state index in [1.807, 2.05) is 6.07 Å². The first-order chi connectivity index (χ1) is 8.40. The summed E-state index contributed by atoms with van der Waals surface area (Å²) >= 11 is 6.50. The first-order valence-electron chi connectivity index (χ1n) is 4.52. The minimum Gasteiger partial charge on any atom is -0.217 e. The van der Waals surface area contributed by atoms with Crippen molar-refractivity contribution in [3.8, 4) is 16.6 Å². The van der Waals surface area contributed by atoms with Crippen molar-refractivity contribution in [2.24, 2.45) is 0 Å². The van der Waals surface area contributed by atoms with Gasteiger partial charge in [0.1, 0.15) is 16.6 Å². The number of nitriles is 1. The lowest BCUT2D eigenvalue weighted by atomic mass is 10.3. The Morgan fingerprint density at radius 3 is 2.56 bits per heavy atom. The zero-order valence-electron chi connectivity index (χ0n) is 8.49. The van der Waals surface area contributed by atoms with E-state index in [1.54, 1.807) is 0 Å². The van der Waals surface area contributed by atoms with E-state index in [4.69, 9.17) is 16.9 Å². The van der Waals surface area contributed by atoms with E-state index < -0.39 is 17.2 Å². The van der Waals surface area contributed by atoms with Crippen molar-refractivity contribution in [3.05, 3.63) is 34.1 Å². The molecule has 0 aromatic carbocycles. The maximum Gasteiger partial charge on any atom is 0.433 e. The second-order valence-electron chi connectivity index (χ2n) is 3.18. The molecule has 0 amide bonds. The molecule has 8 heteroatoms. The molecule has 0 saturated heterocycles. The van der Waals surface area contributed by atoms with Gasteiger partial charge in [0.15, 0.2) is 0 Å². The van der Waals surface area contributed by atoms with Crippen LogP contribution in [0.2, 0.25) is 5.28 Å². The zero-order valence-corrected chi connectivity index (χ0v) is 10.1. The predicted octanol–water partition coefficient (Wildman–Crippen LogP) is 3.75. The lowest BCUT2D eigenvalue weighted by Crippen LogP contribution is -2.09. The molecule has 0 aliphatic carbocycles. The number of nitrogens with zero attached hydrogens (tertiary/aromatic N) is 3. The van der Waals surface area contributed by atoms with Gasteiger partial charge in [0, 0.05) is 0 Å². The Morgan fingerprint density at radius 2 is 2.00 bits per heavy atom. The molecule has 18 heavy (non-hydrogen) atoms. The minimum atomic E-state index is -4.59. The summed E-state index contributed by atoms with van der Waals surface area (Å²) in [4.78, 5) is 7.66. The number of hydrogen-bond acceptors (Lipinski definition) is 4. The highest BCUT2D eigenvalue weighted by atomic mass is 35.5. The second-order valence-corrected chi connectivity index (χ2v) is 4.60. The molecule has 2 aromatic rings. The van der Waals surface area contributed by atoms with Crippen LogP contribution in [0, 0.1) is 11.3 Å². The Labute approximate surface area is 108 Å². The normalized spacial score (nSPS) is 11.3. The third-order valence-corrected chi connectivity index (χ3v) is 3.14. The van der Waals surface area contributed by atoms with Crippen molar-refractivity contribution in [2.75, 3.05) is 0 Å². The molecule has 3 nitrogen and oxygen atoms in total. The number of rotatable bonds is 1. The van der Waals surface area contributed by atoms with Crippen LogP contribution in [0.5, 0.6) is 0 Å². The number of thiophene rings is 1. The van der Waals surface area contributed by atoms with Gasteiger partial charge in [-0.05, 0) is 29.8 Å². The van der Waals surface area contributed by atoms with Crippen LogP contribution in [-0.4, -0.2) is 9.97 Å². The number of aromatic nitrogens is 2. The quantitative estimate of drug-likeness (QED) is 0.751. The molecule has 92 valence electrons. The van der Waals surface area contributed by atoms with Crippen molar-refractivity contribution in [3.63, 3.8) is 0 Å². The number of halogens is 4. The highest BCUT2D eigenvalue weighted by molar-refractivity contribution is 7.15. The molecule has 0 aliphatic rings. The summed E-state index contributed by atoms with van der Waals surface area (Å²) in [5, 5.41) is 8.18. The van der Waals surface area contributed by atoms with Crippen LogP contribution < -0.4 is 0 Å². The van der Waals surface area contributed by atoms with E-state index in [1.165, 1.54) is 12.1 Å². The third kappa shape index (κ3) is 2.60. The molecule has 0 spiro atoms. The summed E-state index contributed by atoms with van der Waals surface area (Å²) in [6.45, 7) is 0. The SMILES string of the molecule is N#Cc1ccc(-c2cc(C(F)(F)F)nc(Cl)n2)s1. The van der Waals surface area contributed by atoms with Gasteiger partial charge >= 0.3 is 6.18 Å². The van der Waals surface area contributed by atoms with Crippen LogP contribution in [-0.2, 0) is 6.18 Å². The van der Waals surface area contributed by atoms with Gasteiger partial charge in [-0.15, -0.1) is 11.3 Å². The fraction of sp³-hybridized carbons (Fsp3) is 0.100. The summed E-state index contributed by atoms with van der Waals surface area (Å²) in [7, 11) is 0. The Morgan fingerprint density at radius 1 is 1.28 bits per heavy atom. The fourth-order valence-electron chi connectivity index (χ4n) is 1.22. The van der Waals surface area contributed by atoms with Gasteiger partial charge in [0.2, 0.25) is 5.28 Å². The molecule has 0 aliphatic heterocycles. The molecule has 2 heterocycles. The van der Waals surface area contributed by atoms with E-state index in [-0.39, 0.29) is 5.69 Å². The molecule has 0 unspecified atom stereocenters. The molecule has 0 bridgehead atoms. The molecule has 0 saturated carbocycles. The van der Waals surface area contributed by atoms with Gasteiger partial charge in [-0.25, -0.2) is 9.97 Å². The van der Waals surface area contributed by atoms with Gasteiger partial charge in [-0.2, -0.15) is 18.4 Å². The number of alkyl halides is 3. The second kappa shape index (κ2) is 4.55. The first kappa shape index (κ1) is 12.8. The highest BCUT2D eigenvalue weighted by Crippen LogP contribution is 2.33. The molecule has 2 rings (SSSR count). The van der Waals surface area contributed by atoms with E-state index in [0.29, 0.717) is 9.75 Å². The average molecular weight is 290 g/mol. The summed E-state index contributed by atoms with van der Waals surface area (Å²) in [5.41, 5.74) is -1.06. The standard InChI is InChI=1S/C10H3ClF3N3S/c11-9-16-6(3-8(17-9)10(12,13)14)7-2-1-5(4-15)18-7/h1-3H. The monoisotopic (exact) mass is 289 g/mol. The Bertz CT molecular complexity index is 630. The lowest BCUT2D eigenvalue weighted by Gasteiger charge is -2.06. The van der Waals surface area contributed by atoms with Crippen LogP contribution in [0.3, 0.4) is 0 Å². The van der Waals surface area contributed by atoms with Gasteiger partial charge in [0.25, 0.3) is 0 Å². The molecule has 0 radical (unpaired) electrons. The third-order valence-electron chi connectivity index (χ3n) is 1.96. The maximum atomic E-state index is 12.5. The summed E-state index contributed by atoms with van der Waals surface area (Å²) < 4.78 is 37.6. The van der Waals surface area contributed by atoms with E-state index in [2.05, 4.69) is 9.97 Å². The van der Waals surface area contributed by atoms with Crippen molar-refractivity contribution >= 4 is 22.9 Å². The first-order valence-corrected chi connectivity index (χ1v) is 5.71. The van der Waals surface area contributed by atoms with Crippen molar-refractivity contribution in [2.45, 2.75) is 6.18 Å². The molecule has 0 fully saturated rings. The van der Waals surface area contributed by atoms with Crippen LogP contribution in [0.1, 0.15) is 10.6 Å². The van der Waals surface area contributed by atoms with Crippen LogP contribution in [0.4, 0.5) is 13.2 Å². The van der Waals surface area contributed by atoms with E-state index >= 15 is 0 Å². The Kier molecular flexibility index (Phi) is 3.24. The smallest absolute Gasteiger partial charge is 0.217 e. The molecular weight excluding hydrogens is 287 g/mol. The summed E-state index contributed by atoms with van der Waals surface area (Å²) in [6, 6.07) is 5.72. The topological polar surface area (TPSA) is 49.6 Å². The van der Waals surface area contributed by atoms with Gasteiger partial charge < -0.3 is 0 Å². The Balaban J connectivity index is 2.52. The van der Waals surface area contributed by atoms with Gasteiger partial charge in [-0.1, -0.05) is 0 Å². The lowest BCUT2D eigenvalue weighted by molar-refractivity contribution is -0.141. The highest BCUT2D eigenvalue weighted by Gasteiger charge is 2.33. The molecular formula is C10H3ClF3N3S. The maximum absolute atomic E-state index is 12.5. The number of hydrogen-bond donors (Lipinski definition) is 0. The van der Waals surface area contributed by atoms with E-state index in [9.17, 15) is 13.2 Å². The van der Waals surface area contributed by atoms with Gasteiger partial charge in [0.05, 0.1) is 10.6 Å².